The summed E-state index contributed by atoms with van der Waals surface area (Å²) in [5.74, 6) is 0.516. The van der Waals surface area contributed by atoms with Gasteiger partial charge in [0.25, 0.3) is 0 Å². The molecule has 0 saturated carbocycles. The van der Waals surface area contributed by atoms with Crippen molar-refractivity contribution in [3.05, 3.63) is 0 Å². The van der Waals surface area contributed by atoms with Crippen LogP contribution in [0, 0.1) is 11.3 Å². The molecule has 0 atom stereocenters. The van der Waals surface area contributed by atoms with Gasteiger partial charge in [0.2, 0.25) is 0 Å². The van der Waals surface area contributed by atoms with Gasteiger partial charge in [-0.2, -0.15) is 0 Å². The topological polar surface area (TPSA) is 41.6 Å². The van der Waals surface area contributed by atoms with Crippen LogP contribution in [0.4, 0.5) is 4.79 Å². The third-order valence-electron chi connectivity index (χ3n) is 3.55. The molecule has 1 spiro atoms. The molecule has 2 saturated heterocycles. The smallest absolute Gasteiger partial charge is 0.317 e. The van der Waals surface area contributed by atoms with Gasteiger partial charge in [0, 0.05) is 38.3 Å². The third kappa shape index (κ3) is 2.48. The number of carbonyl (C=O) groups is 1. The van der Waals surface area contributed by atoms with E-state index in [1.807, 2.05) is 4.90 Å². The van der Waals surface area contributed by atoms with Crippen LogP contribution in [0.1, 0.15) is 26.7 Å². The molecule has 16 heavy (non-hydrogen) atoms. The van der Waals surface area contributed by atoms with E-state index in [1.165, 1.54) is 0 Å². The summed E-state index contributed by atoms with van der Waals surface area (Å²) < 4.78 is 5.36. The highest BCUT2D eigenvalue weighted by Gasteiger charge is 2.45. The maximum absolute atomic E-state index is 11.7. The summed E-state index contributed by atoms with van der Waals surface area (Å²) in [6.45, 7) is 8.54. The van der Waals surface area contributed by atoms with Crippen molar-refractivity contribution in [2.24, 2.45) is 11.3 Å². The van der Waals surface area contributed by atoms with Crippen molar-refractivity contribution in [2.45, 2.75) is 26.7 Å². The van der Waals surface area contributed by atoms with E-state index in [0.29, 0.717) is 11.3 Å². The minimum absolute atomic E-state index is 0.103. The van der Waals surface area contributed by atoms with Gasteiger partial charge in [-0.25, -0.2) is 4.79 Å². The van der Waals surface area contributed by atoms with Crippen LogP contribution in [-0.2, 0) is 4.74 Å². The van der Waals surface area contributed by atoms with Crippen molar-refractivity contribution < 1.29 is 9.53 Å². The van der Waals surface area contributed by atoms with Crippen LogP contribution >= 0.6 is 0 Å². The van der Waals surface area contributed by atoms with Crippen LogP contribution in [0.15, 0.2) is 0 Å². The molecular weight excluding hydrogens is 204 g/mol. The van der Waals surface area contributed by atoms with E-state index in [9.17, 15) is 4.79 Å². The SMILES string of the molecule is CC(C)CNC(=O)N1CC2(CCOCC2)C1. The zero-order chi connectivity index (χ0) is 11.6. The van der Waals surface area contributed by atoms with Gasteiger partial charge in [-0.3, -0.25) is 0 Å². The van der Waals surface area contributed by atoms with Crippen molar-refractivity contribution >= 4 is 6.03 Å². The average molecular weight is 226 g/mol. The highest BCUT2D eigenvalue weighted by atomic mass is 16.5. The first kappa shape index (κ1) is 11.7. The number of likely N-dealkylation sites (tertiary alicyclic amines) is 1. The van der Waals surface area contributed by atoms with Crippen LogP contribution in [0.25, 0.3) is 0 Å². The highest BCUT2D eigenvalue weighted by Crippen LogP contribution is 2.39. The summed E-state index contributed by atoms with van der Waals surface area (Å²) >= 11 is 0. The summed E-state index contributed by atoms with van der Waals surface area (Å²) in [7, 11) is 0. The van der Waals surface area contributed by atoms with Crippen molar-refractivity contribution in [1.82, 2.24) is 10.2 Å². The lowest BCUT2D eigenvalue weighted by atomic mass is 9.73. The molecule has 0 unspecified atom stereocenters. The van der Waals surface area contributed by atoms with Gasteiger partial charge in [-0.05, 0) is 18.8 Å². The lowest BCUT2D eigenvalue weighted by Gasteiger charge is -2.51. The van der Waals surface area contributed by atoms with Gasteiger partial charge in [0.05, 0.1) is 0 Å². The predicted molar refractivity (Wildman–Crippen MR) is 62.3 cm³/mol. The second kappa shape index (κ2) is 4.62. The fourth-order valence-corrected chi connectivity index (χ4v) is 2.43. The quantitative estimate of drug-likeness (QED) is 0.774. The largest absolute Gasteiger partial charge is 0.381 e. The molecule has 0 aliphatic carbocycles. The summed E-state index contributed by atoms with van der Waals surface area (Å²) in [4.78, 5) is 13.7. The Labute approximate surface area is 97.3 Å². The Kier molecular flexibility index (Phi) is 3.38. The molecule has 0 radical (unpaired) electrons. The molecule has 2 amide bonds. The minimum atomic E-state index is 0.103. The minimum Gasteiger partial charge on any atom is -0.381 e. The van der Waals surface area contributed by atoms with Gasteiger partial charge < -0.3 is 15.0 Å². The molecule has 2 aliphatic heterocycles. The monoisotopic (exact) mass is 226 g/mol. The Morgan fingerprint density at radius 2 is 2.00 bits per heavy atom. The molecule has 0 aromatic carbocycles. The van der Waals surface area contributed by atoms with Gasteiger partial charge in [0.15, 0.2) is 0 Å². The predicted octanol–water partition coefficient (Wildman–Crippen LogP) is 1.46. The van der Waals surface area contributed by atoms with Crippen molar-refractivity contribution in [3.8, 4) is 0 Å². The average Bonchev–Trinajstić information content (AvgIpc) is 2.23. The van der Waals surface area contributed by atoms with Crippen LogP contribution in [-0.4, -0.2) is 43.8 Å². The maximum atomic E-state index is 11.7. The molecule has 4 heteroatoms. The number of nitrogens with one attached hydrogen (secondary N) is 1. The molecule has 0 aromatic rings. The summed E-state index contributed by atoms with van der Waals surface area (Å²) in [5.41, 5.74) is 0.382. The van der Waals surface area contributed by atoms with Crippen molar-refractivity contribution in [3.63, 3.8) is 0 Å². The van der Waals surface area contributed by atoms with Crippen LogP contribution in [0.3, 0.4) is 0 Å². The van der Waals surface area contributed by atoms with Gasteiger partial charge >= 0.3 is 6.03 Å². The van der Waals surface area contributed by atoms with Crippen LogP contribution < -0.4 is 5.32 Å². The fourth-order valence-electron chi connectivity index (χ4n) is 2.43. The second-order valence-corrected chi connectivity index (χ2v) is 5.55. The summed E-state index contributed by atoms with van der Waals surface area (Å²) in [6, 6.07) is 0.103. The number of carbonyl (C=O) groups excluding carboxylic acids is 1. The Bertz CT molecular complexity index is 252. The number of urea groups is 1. The Balaban J connectivity index is 1.72. The van der Waals surface area contributed by atoms with Crippen molar-refractivity contribution in [1.29, 1.82) is 0 Å². The molecule has 2 aliphatic rings. The van der Waals surface area contributed by atoms with E-state index in [0.717, 1.165) is 45.7 Å². The number of hydrogen-bond acceptors (Lipinski definition) is 2. The lowest BCUT2D eigenvalue weighted by Crippen LogP contribution is -2.62. The molecule has 4 nitrogen and oxygen atoms in total. The van der Waals surface area contributed by atoms with E-state index < -0.39 is 0 Å². The molecule has 0 bridgehead atoms. The normalized spacial score (nSPS) is 23.3. The highest BCUT2D eigenvalue weighted by molar-refractivity contribution is 5.75. The van der Waals surface area contributed by atoms with Crippen LogP contribution in [0.5, 0.6) is 0 Å². The van der Waals surface area contributed by atoms with E-state index in [4.69, 9.17) is 4.74 Å². The van der Waals surface area contributed by atoms with Gasteiger partial charge in [-0.15, -0.1) is 0 Å². The second-order valence-electron chi connectivity index (χ2n) is 5.55. The molecule has 92 valence electrons. The summed E-state index contributed by atoms with van der Waals surface area (Å²) in [5, 5.41) is 2.96. The molecular formula is C12H22N2O2. The molecule has 0 aromatic heterocycles. The molecule has 2 fully saturated rings. The number of ether oxygens (including phenoxy) is 1. The van der Waals surface area contributed by atoms with E-state index in [1.54, 1.807) is 0 Å². The zero-order valence-corrected chi connectivity index (χ0v) is 10.3. The maximum Gasteiger partial charge on any atom is 0.317 e. The third-order valence-corrected chi connectivity index (χ3v) is 3.55. The molecule has 1 N–H and O–H groups in total. The number of nitrogens with zero attached hydrogens (tertiary/aromatic N) is 1. The van der Waals surface area contributed by atoms with Gasteiger partial charge in [-0.1, -0.05) is 13.8 Å². The number of hydrogen-bond donors (Lipinski definition) is 1. The number of amides is 2. The van der Waals surface area contributed by atoms with E-state index in [2.05, 4.69) is 19.2 Å². The molecule has 2 rings (SSSR count). The first-order chi connectivity index (χ1) is 7.61. The van der Waals surface area contributed by atoms with Gasteiger partial charge in [0.1, 0.15) is 0 Å². The zero-order valence-electron chi connectivity index (χ0n) is 10.3. The lowest BCUT2D eigenvalue weighted by molar-refractivity contribution is -0.0616. The summed E-state index contributed by atoms with van der Waals surface area (Å²) in [6.07, 6.45) is 2.22. The van der Waals surface area contributed by atoms with E-state index in [-0.39, 0.29) is 6.03 Å². The standard InChI is InChI=1S/C12H22N2O2/c1-10(2)7-13-11(15)14-8-12(9-14)3-5-16-6-4-12/h10H,3-9H2,1-2H3,(H,13,15). The number of rotatable bonds is 2. The van der Waals surface area contributed by atoms with Crippen LogP contribution in [0.2, 0.25) is 0 Å². The Morgan fingerprint density at radius 3 is 2.56 bits per heavy atom. The first-order valence-corrected chi connectivity index (χ1v) is 6.22. The first-order valence-electron chi connectivity index (χ1n) is 6.22. The molecule has 2 heterocycles. The Hall–Kier alpha value is -0.770. The van der Waals surface area contributed by atoms with Crippen molar-refractivity contribution in [2.75, 3.05) is 32.8 Å². The van der Waals surface area contributed by atoms with E-state index >= 15 is 0 Å². The Morgan fingerprint density at radius 1 is 1.38 bits per heavy atom. The fraction of sp³-hybridized carbons (Fsp3) is 0.917.